The molecular formula is C13H10N2. The topological polar surface area (TPSA) is 25.2 Å². The van der Waals surface area contributed by atoms with Crippen molar-refractivity contribution in [2.45, 2.75) is 6.42 Å². The second-order valence-electron chi connectivity index (χ2n) is 4.44. The first-order chi connectivity index (χ1) is 7.40. The summed E-state index contributed by atoms with van der Waals surface area (Å²) in [6.45, 7) is 0. The number of rotatable bonds is 0. The third-order valence-electron chi connectivity index (χ3n) is 3.65. The van der Waals surface area contributed by atoms with Crippen LogP contribution in [0.4, 0.5) is 0 Å². The number of aromatic nitrogens is 1. The monoisotopic (exact) mass is 194 g/mol. The Kier molecular flexibility index (Phi) is 1.15. The Morgan fingerprint density at radius 3 is 3.40 bits per heavy atom. The van der Waals surface area contributed by atoms with E-state index in [9.17, 15) is 0 Å². The zero-order chi connectivity index (χ0) is 9.88. The molecule has 2 unspecified atom stereocenters. The molecule has 2 atom stereocenters. The fourth-order valence-electron chi connectivity index (χ4n) is 2.70. The molecule has 3 aliphatic rings. The zero-order valence-corrected chi connectivity index (χ0v) is 8.22. The predicted octanol–water partition coefficient (Wildman–Crippen LogP) is 2.43. The van der Waals surface area contributed by atoms with Crippen LogP contribution >= 0.6 is 0 Å². The molecule has 0 N–H and O–H groups in total. The highest BCUT2D eigenvalue weighted by atomic mass is 14.9. The smallest absolute Gasteiger partial charge is 0.0925 e. The molecule has 1 aliphatic heterocycles. The first-order valence-corrected chi connectivity index (χ1v) is 5.30. The predicted molar refractivity (Wildman–Crippen MR) is 59.5 cm³/mol. The summed E-state index contributed by atoms with van der Waals surface area (Å²) in [6, 6.07) is 4.08. The van der Waals surface area contributed by atoms with E-state index in [4.69, 9.17) is 0 Å². The fourth-order valence-corrected chi connectivity index (χ4v) is 2.70. The second-order valence-corrected chi connectivity index (χ2v) is 4.44. The highest BCUT2D eigenvalue weighted by molar-refractivity contribution is 6.12. The molecule has 1 aromatic rings. The van der Waals surface area contributed by atoms with Gasteiger partial charge in [-0.15, -0.1) is 0 Å². The summed E-state index contributed by atoms with van der Waals surface area (Å²) in [5.41, 5.74) is 3.65. The van der Waals surface area contributed by atoms with E-state index in [2.05, 4.69) is 34.3 Å². The van der Waals surface area contributed by atoms with Gasteiger partial charge in [-0.25, -0.2) is 0 Å². The molecule has 2 heteroatoms. The third-order valence-corrected chi connectivity index (χ3v) is 3.65. The molecule has 2 aliphatic carbocycles. The Morgan fingerprint density at radius 2 is 2.40 bits per heavy atom. The van der Waals surface area contributed by atoms with Crippen LogP contribution in [0.3, 0.4) is 0 Å². The van der Waals surface area contributed by atoms with E-state index < -0.39 is 0 Å². The van der Waals surface area contributed by atoms with Crippen molar-refractivity contribution in [2.24, 2.45) is 16.3 Å². The SMILES string of the molecule is C1=CC2CC23C=Cc2cccnc2C3=N1. The average Bonchev–Trinajstić information content (AvgIpc) is 3.01. The first kappa shape index (κ1) is 7.57. The van der Waals surface area contributed by atoms with E-state index in [1.807, 2.05) is 18.5 Å². The Labute approximate surface area is 88.1 Å². The minimum Gasteiger partial charge on any atom is -0.258 e. The van der Waals surface area contributed by atoms with Crippen molar-refractivity contribution in [3.8, 4) is 0 Å². The van der Waals surface area contributed by atoms with Crippen molar-refractivity contribution in [1.82, 2.24) is 4.98 Å². The normalized spacial score (nSPS) is 33.9. The number of aliphatic imine (C=N–C) groups is 1. The summed E-state index contributed by atoms with van der Waals surface area (Å²) in [7, 11) is 0. The van der Waals surface area contributed by atoms with Crippen molar-refractivity contribution < 1.29 is 0 Å². The minimum atomic E-state index is 0.204. The van der Waals surface area contributed by atoms with Gasteiger partial charge < -0.3 is 0 Å². The van der Waals surface area contributed by atoms with Gasteiger partial charge in [0.25, 0.3) is 0 Å². The van der Waals surface area contributed by atoms with Gasteiger partial charge in [-0.3, -0.25) is 9.98 Å². The van der Waals surface area contributed by atoms with E-state index in [1.165, 1.54) is 17.7 Å². The molecule has 1 fully saturated rings. The van der Waals surface area contributed by atoms with Gasteiger partial charge in [0.1, 0.15) is 0 Å². The summed E-state index contributed by atoms with van der Waals surface area (Å²) in [5.74, 6) is 0.663. The van der Waals surface area contributed by atoms with Crippen LogP contribution in [0, 0.1) is 11.3 Å². The van der Waals surface area contributed by atoms with Crippen LogP contribution in [0.1, 0.15) is 17.7 Å². The zero-order valence-electron chi connectivity index (χ0n) is 8.22. The molecule has 1 aromatic heterocycles. The quantitative estimate of drug-likeness (QED) is 0.622. The van der Waals surface area contributed by atoms with Crippen molar-refractivity contribution >= 4 is 11.8 Å². The van der Waals surface area contributed by atoms with E-state index in [0.717, 1.165) is 5.69 Å². The van der Waals surface area contributed by atoms with E-state index in [1.54, 1.807) is 0 Å². The van der Waals surface area contributed by atoms with Gasteiger partial charge in [-0.2, -0.15) is 0 Å². The summed E-state index contributed by atoms with van der Waals surface area (Å²) in [5, 5.41) is 0. The molecule has 4 rings (SSSR count). The summed E-state index contributed by atoms with van der Waals surface area (Å²) in [4.78, 5) is 8.99. The van der Waals surface area contributed by atoms with Gasteiger partial charge in [0, 0.05) is 23.4 Å². The summed E-state index contributed by atoms with van der Waals surface area (Å²) >= 11 is 0. The van der Waals surface area contributed by atoms with Gasteiger partial charge in [0.05, 0.1) is 11.4 Å². The van der Waals surface area contributed by atoms with Gasteiger partial charge in [0.15, 0.2) is 0 Å². The number of allylic oxidation sites excluding steroid dienone is 2. The van der Waals surface area contributed by atoms with E-state index in [-0.39, 0.29) is 5.41 Å². The van der Waals surface area contributed by atoms with Gasteiger partial charge in [0.2, 0.25) is 0 Å². The van der Waals surface area contributed by atoms with E-state index >= 15 is 0 Å². The lowest BCUT2D eigenvalue weighted by Gasteiger charge is -2.22. The number of fused-ring (bicyclic) bond motifs is 2. The lowest BCUT2D eigenvalue weighted by Crippen LogP contribution is -2.23. The van der Waals surface area contributed by atoms with Crippen molar-refractivity contribution in [3.63, 3.8) is 0 Å². The second kappa shape index (κ2) is 2.27. The Hall–Kier alpha value is -1.70. The fraction of sp³-hybridized carbons (Fsp3) is 0.231. The number of hydrogen-bond donors (Lipinski definition) is 0. The van der Waals surface area contributed by atoms with Crippen LogP contribution < -0.4 is 0 Å². The molecule has 0 bridgehead atoms. The van der Waals surface area contributed by atoms with Gasteiger partial charge in [-0.05, 0) is 18.4 Å². The van der Waals surface area contributed by atoms with Crippen LogP contribution in [-0.4, -0.2) is 10.7 Å². The van der Waals surface area contributed by atoms with Gasteiger partial charge in [-0.1, -0.05) is 24.3 Å². The Balaban J connectivity index is 2.02. The van der Waals surface area contributed by atoms with Crippen molar-refractivity contribution in [3.05, 3.63) is 47.9 Å². The number of hydrogen-bond acceptors (Lipinski definition) is 2. The molecule has 0 aromatic carbocycles. The van der Waals surface area contributed by atoms with Crippen LogP contribution in [0.2, 0.25) is 0 Å². The van der Waals surface area contributed by atoms with Gasteiger partial charge >= 0.3 is 0 Å². The lowest BCUT2D eigenvalue weighted by atomic mass is 9.85. The number of nitrogens with zero attached hydrogens (tertiary/aromatic N) is 2. The Morgan fingerprint density at radius 1 is 1.40 bits per heavy atom. The maximum absolute atomic E-state index is 4.53. The minimum absolute atomic E-state index is 0.204. The van der Waals surface area contributed by atoms with Crippen LogP contribution in [0.5, 0.6) is 0 Å². The molecule has 1 saturated carbocycles. The van der Waals surface area contributed by atoms with Crippen molar-refractivity contribution in [1.29, 1.82) is 0 Å². The third kappa shape index (κ3) is 0.803. The molecule has 72 valence electrons. The largest absolute Gasteiger partial charge is 0.258 e. The first-order valence-electron chi connectivity index (χ1n) is 5.30. The lowest BCUT2D eigenvalue weighted by molar-refractivity contribution is 0.822. The highest BCUT2D eigenvalue weighted by Crippen LogP contribution is 2.60. The standard InChI is InChI=1S/C13H10N2/c1-2-9-3-5-13-8-10(13)4-7-15-12(13)11(9)14-6-1/h1-7,10H,8H2. The highest BCUT2D eigenvalue weighted by Gasteiger charge is 2.57. The molecule has 2 heterocycles. The molecule has 0 amide bonds. The molecule has 0 saturated heterocycles. The maximum Gasteiger partial charge on any atom is 0.0925 e. The number of pyridine rings is 1. The molecule has 15 heavy (non-hydrogen) atoms. The van der Waals surface area contributed by atoms with Crippen molar-refractivity contribution in [2.75, 3.05) is 0 Å². The summed E-state index contributed by atoms with van der Waals surface area (Å²) < 4.78 is 0. The molecule has 2 nitrogen and oxygen atoms in total. The molecule has 1 spiro atoms. The maximum atomic E-state index is 4.53. The van der Waals surface area contributed by atoms with Crippen LogP contribution in [0.15, 0.2) is 41.7 Å². The average molecular weight is 194 g/mol. The van der Waals surface area contributed by atoms with Crippen LogP contribution in [-0.2, 0) is 0 Å². The summed E-state index contributed by atoms with van der Waals surface area (Å²) in [6.07, 6.45) is 11.7. The molecule has 0 radical (unpaired) electrons. The van der Waals surface area contributed by atoms with E-state index in [0.29, 0.717) is 5.92 Å². The Bertz CT molecular complexity index is 539. The van der Waals surface area contributed by atoms with Crippen LogP contribution in [0.25, 0.3) is 6.08 Å². The molecular weight excluding hydrogens is 184 g/mol.